The molecule has 0 aliphatic carbocycles. The minimum atomic E-state index is -0.416. The van der Waals surface area contributed by atoms with Crippen LogP contribution < -0.4 is 43.9 Å². The number of ether oxygens (including phenoxy) is 2. The van der Waals surface area contributed by atoms with Crippen molar-refractivity contribution in [1.29, 1.82) is 0 Å². The second kappa shape index (κ2) is 35.4. The van der Waals surface area contributed by atoms with Crippen LogP contribution in [-0.2, 0) is 40.3 Å². The Morgan fingerprint density at radius 2 is 0.756 bits per heavy atom. The second-order valence-electron chi connectivity index (χ2n) is 28.6. The molecule has 123 heavy (non-hydrogen) atoms. The van der Waals surface area contributed by atoms with Gasteiger partial charge in [0.1, 0.15) is 86.4 Å². The number of nitrogens with zero attached hydrogens (tertiary/aromatic N) is 8. The third-order valence-electron chi connectivity index (χ3n) is 20.8. The standard InChI is InChI=1S/C18H14FN3.2C16H12FN3S.2C15H14FN3O.C14H11F2N3/c1-22-17-10-15(19)16(20)9-14(17)18(21-22)13-7-6-11-4-2-3-5-12(11)8-13;1-20-13-8-11(17)12(18)7-10(13)16(19-20)15-6-9-4-2-3-5-14(9)21-15;17-12-7-13-11(5-10(12)8-18)16(20-19-13)15-6-9-3-1-2-4-14(9)21-15;1-20-14-7-13-12(6-10(14)8-17)15(19-18-13)9-3-2-4-11(16)5-9;1-20-15-10(8-17)5-6-12-13(15)14(19-18-12)9-3-2-4-11(16)7-9;15-10-3-1-2-8(4-10)14-11-5-9(7-17)12(16)6-13(11)18-19-14/h2-10H,20H2,1H3;2-8H,18H2,1H3;1-7H,8,18H2,(H,19,20);2*2-7H,8,17H2,1H3,(H,18,19);1-6H,7,17H2,(H,18,19). The maximum Gasteiger partial charge on any atom is 0.148 e. The number of fused-ring (bicyclic) bond motifs is 9. The first kappa shape index (κ1) is 82.1. The molecule has 0 amide bonds. The van der Waals surface area contributed by atoms with Gasteiger partial charge in [0.25, 0.3) is 0 Å². The van der Waals surface area contributed by atoms with E-state index in [4.69, 9.17) is 43.9 Å². The number of methoxy groups -OCH3 is 2. The number of nitrogens with two attached hydrogens (primary N) is 6. The first-order valence-corrected chi connectivity index (χ1v) is 40.1. The molecule has 0 bridgehead atoms. The number of rotatable bonds is 12. The Morgan fingerprint density at radius 1 is 0.333 bits per heavy atom. The van der Waals surface area contributed by atoms with Crippen LogP contribution in [0.25, 0.3) is 163 Å². The molecule has 0 aliphatic heterocycles. The van der Waals surface area contributed by atoms with E-state index in [1.54, 1.807) is 94.8 Å². The summed E-state index contributed by atoms with van der Waals surface area (Å²) in [5.41, 5.74) is 48.9. The van der Waals surface area contributed by atoms with Crippen molar-refractivity contribution in [3.05, 3.63) is 312 Å². The molecule has 0 saturated carbocycles. The predicted octanol–water partition coefficient (Wildman–Crippen LogP) is 21.0. The number of thiophene rings is 2. The molecular weight excluding hydrogens is 1610 g/mol. The lowest BCUT2D eigenvalue weighted by atomic mass is 10.0. The van der Waals surface area contributed by atoms with E-state index in [9.17, 15) is 30.7 Å². The molecule has 16 N–H and O–H groups in total. The Labute approximate surface area is 705 Å². The van der Waals surface area contributed by atoms with Crippen molar-refractivity contribution >= 4 is 130 Å². The lowest BCUT2D eigenvalue weighted by Gasteiger charge is -2.09. The van der Waals surface area contributed by atoms with Crippen LogP contribution in [0.15, 0.2) is 249 Å². The summed E-state index contributed by atoms with van der Waals surface area (Å²) < 4.78 is 111. The molecule has 616 valence electrons. The molecular formula is C94H77F7N18O2S2. The normalized spacial score (nSPS) is 11.2. The molecule has 0 fully saturated rings. The highest BCUT2D eigenvalue weighted by Crippen LogP contribution is 2.42. The van der Waals surface area contributed by atoms with Crippen LogP contribution in [0.4, 0.5) is 42.1 Å². The molecule has 0 aliphatic rings. The van der Waals surface area contributed by atoms with Crippen molar-refractivity contribution in [2.45, 2.75) is 26.2 Å². The van der Waals surface area contributed by atoms with Gasteiger partial charge in [-0.05, 0) is 137 Å². The number of benzene rings is 13. The summed E-state index contributed by atoms with van der Waals surface area (Å²) >= 11 is 3.36. The van der Waals surface area contributed by atoms with Crippen LogP contribution in [0, 0.1) is 40.7 Å². The van der Waals surface area contributed by atoms with E-state index in [1.807, 2.05) is 93.0 Å². The van der Waals surface area contributed by atoms with Gasteiger partial charge in [-0.2, -0.15) is 30.6 Å². The first-order valence-electron chi connectivity index (χ1n) is 38.5. The predicted molar refractivity (Wildman–Crippen MR) is 480 cm³/mol. The van der Waals surface area contributed by atoms with Gasteiger partial charge in [-0.15, -0.1) is 22.7 Å². The fraction of sp³-hybridized carbons (Fsp3) is 0.0851. The Balaban J connectivity index is 0.000000109. The summed E-state index contributed by atoms with van der Waals surface area (Å²) in [4.78, 5) is 2.13. The maximum absolute atomic E-state index is 13.8. The fourth-order valence-electron chi connectivity index (χ4n) is 14.7. The number of anilines is 2. The van der Waals surface area contributed by atoms with Crippen molar-refractivity contribution in [3.63, 3.8) is 0 Å². The average Bonchev–Trinajstić information content (AvgIpc) is 1.64. The Kier molecular flexibility index (Phi) is 23.6. The lowest BCUT2D eigenvalue weighted by Crippen LogP contribution is -2.00. The molecule has 0 atom stereocenters. The number of hydrogen-bond acceptors (Lipinski definition) is 16. The van der Waals surface area contributed by atoms with Crippen LogP contribution in [0.2, 0.25) is 0 Å². The third-order valence-corrected chi connectivity index (χ3v) is 23.1. The quantitative estimate of drug-likeness (QED) is 0.0402. The number of aryl methyl sites for hydroxylation is 2. The van der Waals surface area contributed by atoms with E-state index < -0.39 is 11.6 Å². The van der Waals surface area contributed by atoms with Crippen molar-refractivity contribution in [2.24, 2.45) is 37.0 Å². The van der Waals surface area contributed by atoms with Crippen molar-refractivity contribution < 1.29 is 40.2 Å². The highest BCUT2D eigenvalue weighted by Gasteiger charge is 2.22. The van der Waals surface area contributed by atoms with Crippen molar-refractivity contribution in [2.75, 3.05) is 25.7 Å². The summed E-state index contributed by atoms with van der Waals surface area (Å²) in [6.07, 6.45) is 0. The summed E-state index contributed by atoms with van der Waals surface area (Å²) in [5.74, 6) is -1.02. The Bertz CT molecular complexity index is 7440. The van der Waals surface area contributed by atoms with Crippen LogP contribution in [0.3, 0.4) is 0 Å². The molecule has 21 aromatic rings. The van der Waals surface area contributed by atoms with Gasteiger partial charge in [0.05, 0.1) is 73.8 Å². The summed E-state index contributed by atoms with van der Waals surface area (Å²) in [6.45, 7) is 1.02. The largest absolute Gasteiger partial charge is 0.496 e. The highest BCUT2D eigenvalue weighted by molar-refractivity contribution is 7.22. The number of nitrogens with one attached hydrogen (secondary N) is 4. The Hall–Kier alpha value is -14.6. The van der Waals surface area contributed by atoms with Crippen LogP contribution in [-0.4, -0.2) is 74.6 Å². The van der Waals surface area contributed by atoms with Crippen LogP contribution >= 0.6 is 22.7 Å². The average molecular weight is 1690 g/mol. The van der Waals surface area contributed by atoms with Gasteiger partial charge in [-0.1, -0.05) is 115 Å². The molecule has 29 heteroatoms. The number of nitrogen functional groups attached to an aromatic ring is 2. The van der Waals surface area contributed by atoms with Gasteiger partial charge in [0, 0.05) is 139 Å². The number of halogens is 7. The molecule has 13 aromatic carbocycles. The van der Waals surface area contributed by atoms with E-state index >= 15 is 0 Å². The number of hydrogen-bond donors (Lipinski definition) is 10. The van der Waals surface area contributed by atoms with E-state index in [0.717, 1.165) is 115 Å². The van der Waals surface area contributed by atoms with Crippen molar-refractivity contribution in [1.82, 2.24) is 60.4 Å². The summed E-state index contributed by atoms with van der Waals surface area (Å²) in [5, 5.41) is 47.4. The monoisotopic (exact) mass is 1690 g/mol. The molecule has 8 aromatic heterocycles. The molecule has 0 saturated heterocycles. The molecule has 0 radical (unpaired) electrons. The minimum absolute atomic E-state index is 0.107. The van der Waals surface area contributed by atoms with E-state index in [0.29, 0.717) is 69.2 Å². The molecule has 0 unspecified atom stereocenters. The highest BCUT2D eigenvalue weighted by atomic mass is 32.1. The van der Waals surface area contributed by atoms with Crippen molar-refractivity contribution in [3.8, 4) is 77.7 Å². The van der Waals surface area contributed by atoms with Gasteiger partial charge in [0.15, 0.2) is 0 Å². The third kappa shape index (κ3) is 16.8. The van der Waals surface area contributed by atoms with E-state index in [-0.39, 0.29) is 53.6 Å². The maximum atomic E-state index is 13.8. The molecule has 0 spiro atoms. The molecule has 8 heterocycles. The van der Waals surface area contributed by atoms with E-state index in [2.05, 4.69) is 112 Å². The number of H-pyrrole nitrogens is 4. The SMILES string of the molecule is COc1c(CN)ccc2[nH]nc(-c3cccc(F)c3)c12.COc1cc2[nH]nc(-c3cccc(F)c3)c2cc1CN.Cn1nc(-c2cc3ccccc3s2)c2cc(N)c(F)cc21.Cn1nc(-c2ccc3ccccc3c2)c2cc(N)c(F)cc21.NCc1cc2c(-c3cc4ccccc4s3)n[nH]c2cc1F.NCc1cc2c(-c3cccc(F)c3)n[nH]c2cc1F. The fourth-order valence-corrected chi connectivity index (χ4v) is 16.8. The zero-order valence-electron chi connectivity index (χ0n) is 66.3. The minimum Gasteiger partial charge on any atom is -0.496 e. The number of aromatic nitrogens is 12. The van der Waals surface area contributed by atoms with Gasteiger partial charge >= 0.3 is 0 Å². The van der Waals surface area contributed by atoms with Gasteiger partial charge in [-0.3, -0.25) is 29.8 Å². The first-order chi connectivity index (χ1) is 59.7. The smallest absolute Gasteiger partial charge is 0.148 e. The van der Waals surface area contributed by atoms with Gasteiger partial charge in [-0.25, -0.2) is 30.7 Å². The van der Waals surface area contributed by atoms with Crippen LogP contribution in [0.1, 0.15) is 22.3 Å². The summed E-state index contributed by atoms with van der Waals surface area (Å²) in [7, 11) is 6.82. The zero-order chi connectivity index (χ0) is 85.9. The lowest BCUT2D eigenvalue weighted by molar-refractivity contribution is 0.410. The van der Waals surface area contributed by atoms with Gasteiger partial charge < -0.3 is 43.9 Å². The van der Waals surface area contributed by atoms with Crippen LogP contribution in [0.5, 0.6) is 11.5 Å². The molecule has 21 rings (SSSR count). The number of aromatic amines is 4. The zero-order valence-corrected chi connectivity index (χ0v) is 68.0. The summed E-state index contributed by atoms with van der Waals surface area (Å²) in [6, 6.07) is 73.8. The topological polar surface area (TPSA) is 325 Å². The molecule has 20 nitrogen and oxygen atoms in total. The second-order valence-corrected chi connectivity index (χ2v) is 30.8. The van der Waals surface area contributed by atoms with Gasteiger partial charge in [0.2, 0.25) is 0 Å². The Morgan fingerprint density at radius 3 is 1.25 bits per heavy atom. The van der Waals surface area contributed by atoms with E-state index in [1.165, 1.54) is 86.2 Å².